The molecule has 0 unspecified atom stereocenters. The summed E-state index contributed by atoms with van der Waals surface area (Å²) in [6.45, 7) is 1.90. The Morgan fingerprint density at radius 2 is 2.06 bits per heavy atom. The first kappa shape index (κ1) is 13.0. The molecule has 88 valence electrons. The molecule has 0 aliphatic carbocycles. The van der Waals surface area contributed by atoms with Crippen LogP contribution in [0, 0.1) is 0 Å². The third-order valence-electron chi connectivity index (χ3n) is 2.08. The molecule has 0 bridgehead atoms. The van der Waals surface area contributed by atoms with E-state index in [-0.39, 0.29) is 4.90 Å². The van der Waals surface area contributed by atoms with Gasteiger partial charge in [0.1, 0.15) is 0 Å². The summed E-state index contributed by atoms with van der Waals surface area (Å²) in [6.07, 6.45) is 0.693. The standard InChI is InChI=1S/C10H11ClO4S/c1-2-7-3-4-8(5-9(7)11)16(14,15)6-10(12)13/h3-5H,2,6H2,1H3,(H,12,13). The zero-order chi connectivity index (χ0) is 12.3. The zero-order valence-electron chi connectivity index (χ0n) is 8.60. The molecule has 4 nitrogen and oxygen atoms in total. The monoisotopic (exact) mass is 262 g/mol. The number of carboxylic acids is 1. The summed E-state index contributed by atoms with van der Waals surface area (Å²) in [5, 5.41) is 8.81. The fourth-order valence-electron chi connectivity index (χ4n) is 1.25. The van der Waals surface area contributed by atoms with Gasteiger partial charge in [0.2, 0.25) is 0 Å². The highest BCUT2D eigenvalue weighted by Gasteiger charge is 2.19. The van der Waals surface area contributed by atoms with Crippen molar-refractivity contribution in [3.63, 3.8) is 0 Å². The van der Waals surface area contributed by atoms with Gasteiger partial charge in [-0.05, 0) is 24.1 Å². The molecule has 0 saturated heterocycles. The smallest absolute Gasteiger partial charge is 0.319 e. The number of halogens is 1. The first-order chi connectivity index (χ1) is 7.36. The average Bonchev–Trinajstić information content (AvgIpc) is 2.15. The molecule has 0 saturated carbocycles. The van der Waals surface area contributed by atoms with Gasteiger partial charge >= 0.3 is 5.97 Å². The van der Waals surface area contributed by atoms with E-state index in [1.807, 2.05) is 6.92 Å². The van der Waals surface area contributed by atoms with Crippen molar-refractivity contribution in [2.75, 3.05) is 5.75 Å². The van der Waals surface area contributed by atoms with Gasteiger partial charge in [-0.1, -0.05) is 24.6 Å². The Labute approximate surface area is 98.8 Å². The van der Waals surface area contributed by atoms with Gasteiger partial charge < -0.3 is 5.11 Å². The van der Waals surface area contributed by atoms with Crippen LogP contribution in [0.4, 0.5) is 0 Å². The topological polar surface area (TPSA) is 71.4 Å². The largest absolute Gasteiger partial charge is 0.480 e. The molecule has 16 heavy (non-hydrogen) atoms. The summed E-state index contributed by atoms with van der Waals surface area (Å²) in [4.78, 5) is 10.3. The second-order valence-electron chi connectivity index (χ2n) is 3.26. The van der Waals surface area contributed by atoms with Crippen LogP contribution < -0.4 is 0 Å². The van der Waals surface area contributed by atoms with Crippen molar-refractivity contribution in [2.45, 2.75) is 18.2 Å². The highest BCUT2D eigenvalue weighted by molar-refractivity contribution is 7.92. The van der Waals surface area contributed by atoms with E-state index in [0.29, 0.717) is 11.4 Å². The number of sulfone groups is 1. The molecule has 1 N–H and O–H groups in total. The first-order valence-corrected chi connectivity index (χ1v) is 6.63. The van der Waals surface area contributed by atoms with Crippen LogP contribution in [0.15, 0.2) is 23.1 Å². The fraction of sp³-hybridized carbons (Fsp3) is 0.300. The van der Waals surface area contributed by atoms with Crippen LogP contribution >= 0.6 is 11.6 Å². The highest BCUT2D eigenvalue weighted by atomic mass is 35.5. The Morgan fingerprint density at radius 3 is 2.50 bits per heavy atom. The maximum atomic E-state index is 11.6. The van der Waals surface area contributed by atoms with Crippen LogP contribution in [0.2, 0.25) is 5.02 Å². The van der Waals surface area contributed by atoms with Crippen molar-refractivity contribution in [3.8, 4) is 0 Å². The summed E-state index contributed by atoms with van der Waals surface area (Å²) in [5.41, 5.74) is 0.830. The lowest BCUT2D eigenvalue weighted by Crippen LogP contribution is -2.15. The Balaban J connectivity index is 3.15. The number of rotatable bonds is 4. The summed E-state index contributed by atoms with van der Waals surface area (Å²) in [7, 11) is -3.79. The molecule has 0 aliphatic rings. The molecular weight excluding hydrogens is 252 g/mol. The molecule has 0 heterocycles. The number of hydrogen-bond acceptors (Lipinski definition) is 3. The first-order valence-electron chi connectivity index (χ1n) is 4.60. The normalized spacial score (nSPS) is 11.4. The predicted molar refractivity (Wildman–Crippen MR) is 60.5 cm³/mol. The quantitative estimate of drug-likeness (QED) is 0.898. The second kappa shape index (κ2) is 4.84. The molecule has 0 fully saturated rings. The number of aliphatic carboxylic acids is 1. The lowest BCUT2D eigenvalue weighted by Gasteiger charge is -2.05. The number of benzene rings is 1. The van der Waals surface area contributed by atoms with Gasteiger partial charge in [-0.3, -0.25) is 4.79 Å². The second-order valence-corrected chi connectivity index (χ2v) is 5.66. The van der Waals surface area contributed by atoms with E-state index in [1.54, 1.807) is 6.07 Å². The maximum Gasteiger partial charge on any atom is 0.319 e. The molecule has 0 radical (unpaired) electrons. The van der Waals surface area contributed by atoms with Gasteiger partial charge in [-0.15, -0.1) is 0 Å². The van der Waals surface area contributed by atoms with Crippen molar-refractivity contribution in [1.29, 1.82) is 0 Å². The Kier molecular flexibility index (Phi) is 3.93. The lowest BCUT2D eigenvalue weighted by atomic mass is 10.2. The van der Waals surface area contributed by atoms with Crippen molar-refractivity contribution < 1.29 is 18.3 Å². The predicted octanol–water partition coefficient (Wildman–Crippen LogP) is 1.76. The zero-order valence-corrected chi connectivity index (χ0v) is 10.2. The molecule has 1 aromatic carbocycles. The SMILES string of the molecule is CCc1ccc(S(=O)(=O)CC(=O)O)cc1Cl. The number of carbonyl (C=O) groups is 1. The highest BCUT2D eigenvalue weighted by Crippen LogP contribution is 2.21. The minimum Gasteiger partial charge on any atom is -0.480 e. The van der Waals surface area contributed by atoms with E-state index in [4.69, 9.17) is 16.7 Å². The number of carboxylic acid groups (broad SMARTS) is 1. The van der Waals surface area contributed by atoms with Crippen molar-refractivity contribution in [2.24, 2.45) is 0 Å². The third-order valence-corrected chi connectivity index (χ3v) is 4.03. The van der Waals surface area contributed by atoms with Crippen LogP contribution in [-0.4, -0.2) is 25.2 Å². The van der Waals surface area contributed by atoms with E-state index in [2.05, 4.69) is 0 Å². The minimum atomic E-state index is -3.79. The van der Waals surface area contributed by atoms with Gasteiger partial charge in [0, 0.05) is 5.02 Å². The minimum absolute atomic E-state index is 0.0582. The van der Waals surface area contributed by atoms with E-state index in [1.165, 1.54) is 12.1 Å². The molecule has 0 atom stereocenters. The lowest BCUT2D eigenvalue weighted by molar-refractivity contribution is -0.134. The fourth-order valence-corrected chi connectivity index (χ4v) is 2.70. The van der Waals surface area contributed by atoms with Crippen LogP contribution in [0.25, 0.3) is 0 Å². The van der Waals surface area contributed by atoms with E-state index < -0.39 is 21.6 Å². The summed E-state index contributed by atoms with van der Waals surface area (Å²) < 4.78 is 23.1. The van der Waals surface area contributed by atoms with E-state index in [9.17, 15) is 13.2 Å². The number of hydrogen-bond donors (Lipinski definition) is 1. The van der Waals surface area contributed by atoms with Gasteiger partial charge in [-0.25, -0.2) is 8.42 Å². The summed E-state index contributed by atoms with van der Waals surface area (Å²) in [6, 6.07) is 4.26. The Hall–Kier alpha value is -1.07. The Bertz CT molecular complexity index is 508. The van der Waals surface area contributed by atoms with Crippen molar-refractivity contribution in [1.82, 2.24) is 0 Å². The molecular formula is C10H11ClO4S. The van der Waals surface area contributed by atoms with Gasteiger partial charge in [0.05, 0.1) is 4.90 Å². The summed E-state index contributed by atoms with van der Waals surface area (Å²) >= 11 is 5.86. The van der Waals surface area contributed by atoms with Crippen LogP contribution in [0.5, 0.6) is 0 Å². The van der Waals surface area contributed by atoms with E-state index >= 15 is 0 Å². The summed E-state index contributed by atoms with van der Waals surface area (Å²) in [5.74, 6) is -2.30. The molecule has 0 spiro atoms. The Morgan fingerprint density at radius 1 is 1.44 bits per heavy atom. The maximum absolute atomic E-state index is 11.6. The molecule has 0 amide bonds. The molecule has 0 aliphatic heterocycles. The average molecular weight is 263 g/mol. The molecule has 1 rings (SSSR count). The molecule has 0 aromatic heterocycles. The van der Waals surface area contributed by atoms with Crippen molar-refractivity contribution >= 4 is 27.4 Å². The van der Waals surface area contributed by atoms with Crippen molar-refractivity contribution in [3.05, 3.63) is 28.8 Å². The van der Waals surface area contributed by atoms with Crippen LogP contribution in [-0.2, 0) is 21.1 Å². The van der Waals surface area contributed by atoms with Gasteiger partial charge in [0.25, 0.3) is 0 Å². The van der Waals surface area contributed by atoms with Gasteiger partial charge in [0.15, 0.2) is 15.6 Å². The van der Waals surface area contributed by atoms with Gasteiger partial charge in [-0.2, -0.15) is 0 Å². The molecule has 6 heteroatoms. The molecule has 1 aromatic rings. The van der Waals surface area contributed by atoms with Crippen LogP contribution in [0.3, 0.4) is 0 Å². The third kappa shape index (κ3) is 2.96. The van der Waals surface area contributed by atoms with Crippen LogP contribution in [0.1, 0.15) is 12.5 Å². The van der Waals surface area contributed by atoms with E-state index in [0.717, 1.165) is 5.56 Å². The number of aryl methyl sites for hydroxylation is 1.